The summed E-state index contributed by atoms with van der Waals surface area (Å²) in [6.45, 7) is 0. The molecule has 0 saturated heterocycles. The fourth-order valence-corrected chi connectivity index (χ4v) is 0. The minimum atomic E-state index is 0. The fraction of sp³-hybridized carbons (Fsp3) is 0. The molecule has 2 heteroatoms. The Hall–Kier alpha value is 0.574. The van der Waals surface area contributed by atoms with Crippen LogP contribution >= 0.6 is 9.24 Å². The van der Waals surface area contributed by atoms with Gasteiger partial charge in [0.1, 0.15) is 0 Å². The van der Waals surface area contributed by atoms with Crippen LogP contribution in [0.3, 0.4) is 0 Å². The Kier molecular flexibility index (Phi) is 21.1. The number of hydrogen-bond donors (Lipinski definition) is 0. The topological polar surface area (TPSA) is 0 Å². The van der Waals surface area contributed by atoms with E-state index in [2.05, 4.69) is 9.24 Å². The molecule has 0 aliphatic heterocycles. The Morgan fingerprint density at radius 3 is 1.75 bits per heavy atom. The molecule has 0 aliphatic rings. The zero-order chi connectivity index (χ0) is 2.71. The summed E-state index contributed by atoms with van der Waals surface area (Å²) in [4.78, 5) is 0. The summed E-state index contributed by atoms with van der Waals surface area (Å²) in [5, 5.41) is 0. The van der Waals surface area contributed by atoms with Crippen LogP contribution in [0, 0.1) is 12.1 Å². The molecule has 0 fully saturated rings. The second-order valence-electron chi connectivity index (χ2n) is 0.125. The fourth-order valence-electron chi connectivity index (χ4n) is 0. The predicted octanol–water partition coefficient (Wildman–Crippen LogP) is 0.674. The van der Waals surface area contributed by atoms with E-state index in [1.54, 1.807) is 5.66 Å². The molecule has 0 aliphatic carbocycles. The first kappa shape index (κ1) is 8.82. The monoisotopic (exact) mass is 107 g/mol. The first-order valence-corrected chi connectivity index (χ1v) is 1.00. The van der Waals surface area contributed by atoms with Crippen LogP contribution in [0.1, 0.15) is 0 Å². The van der Waals surface area contributed by atoms with Crippen LogP contribution < -0.4 is 0 Å². The molecule has 0 saturated carbocycles. The van der Waals surface area contributed by atoms with E-state index in [4.69, 9.17) is 6.42 Å². The van der Waals surface area contributed by atoms with Gasteiger partial charge in [-0.05, 0) is 0 Å². The second-order valence-corrected chi connectivity index (χ2v) is 0.375. The minimum absolute atomic E-state index is 0. The molecule has 21 valence electrons. The maximum Gasteiger partial charge on any atom is 0 e. The first-order valence-electron chi connectivity index (χ1n) is 0.500. The van der Waals surface area contributed by atoms with Crippen molar-refractivity contribution in [1.82, 2.24) is 0 Å². The maximum absolute atomic E-state index is 5.87. The molecule has 0 unspecified atom stereocenters. The van der Waals surface area contributed by atoms with Crippen LogP contribution in [0.4, 0.5) is 0 Å². The van der Waals surface area contributed by atoms with Crippen molar-refractivity contribution >= 4 is 9.24 Å². The molecule has 0 rings (SSSR count). The Balaban J connectivity index is 0. The summed E-state index contributed by atoms with van der Waals surface area (Å²) in [7, 11) is 2.60. The van der Waals surface area contributed by atoms with Crippen molar-refractivity contribution in [1.29, 1.82) is 0 Å². The summed E-state index contributed by atoms with van der Waals surface area (Å²) in [5.74, 6) is 0. The van der Waals surface area contributed by atoms with Crippen molar-refractivity contribution in [2.24, 2.45) is 0 Å². The van der Waals surface area contributed by atoms with Crippen LogP contribution in [-0.4, -0.2) is 0 Å². The van der Waals surface area contributed by atoms with E-state index in [0.717, 1.165) is 0 Å². The van der Waals surface area contributed by atoms with Crippen LogP contribution in [-0.2, 0) is 18.6 Å². The molecule has 0 nitrogen and oxygen atoms in total. The van der Waals surface area contributed by atoms with Gasteiger partial charge in [0, 0.05) is 18.6 Å². The van der Waals surface area contributed by atoms with Crippen molar-refractivity contribution in [2.45, 2.75) is 0 Å². The maximum atomic E-state index is 5.87. The van der Waals surface area contributed by atoms with Gasteiger partial charge in [-0.2, -0.15) is 0 Å². The average Bonchev–Trinajstić information content (AvgIpc) is 0.918. The van der Waals surface area contributed by atoms with Crippen LogP contribution in [0.5, 0.6) is 0 Å². The van der Waals surface area contributed by atoms with Gasteiger partial charge in [0.25, 0.3) is 0 Å². The van der Waals surface area contributed by atoms with Crippen molar-refractivity contribution in [2.75, 3.05) is 0 Å². The van der Waals surface area contributed by atoms with E-state index in [0.29, 0.717) is 0 Å². The molecule has 0 bridgehead atoms. The molecule has 0 spiro atoms. The van der Waals surface area contributed by atoms with Gasteiger partial charge in [0.2, 0.25) is 0 Å². The third-order valence-electron chi connectivity index (χ3n) is 0. The second kappa shape index (κ2) is 9.56. The molecular formula is C2HPV-2. The smallest absolute Gasteiger partial charge is 0 e. The van der Waals surface area contributed by atoms with E-state index in [1.807, 2.05) is 0 Å². The molecule has 0 N–H and O–H groups in total. The molecule has 0 aromatic carbocycles. The Labute approximate surface area is 40.4 Å². The van der Waals surface area contributed by atoms with Crippen molar-refractivity contribution in [3.63, 3.8) is 0 Å². The molecule has 0 amide bonds. The van der Waals surface area contributed by atoms with E-state index in [1.165, 1.54) is 0 Å². The van der Waals surface area contributed by atoms with E-state index in [9.17, 15) is 0 Å². The summed E-state index contributed by atoms with van der Waals surface area (Å²) < 4.78 is 0. The zero-order valence-electron chi connectivity index (χ0n) is 1.95. The average molecular weight is 107 g/mol. The van der Waals surface area contributed by atoms with Crippen molar-refractivity contribution in [3.8, 4) is 5.66 Å². The molecule has 1 radical (unpaired) electrons. The van der Waals surface area contributed by atoms with E-state index in [-0.39, 0.29) is 18.6 Å². The normalized spacial score (nSPS) is 2.00. The zero-order valence-corrected chi connectivity index (χ0v) is 4.34. The van der Waals surface area contributed by atoms with E-state index < -0.39 is 0 Å². The molecule has 0 aromatic heterocycles. The molecule has 0 atom stereocenters. The first-order chi connectivity index (χ1) is 1.41. The predicted molar refractivity (Wildman–Crippen MR) is 15.4 cm³/mol. The quantitative estimate of drug-likeness (QED) is 0.242. The molecular weight excluding hydrogens is 106 g/mol. The Bertz CT molecular complexity index is 27.5. The van der Waals surface area contributed by atoms with Crippen molar-refractivity contribution in [3.05, 3.63) is 6.42 Å². The minimum Gasteiger partial charge on any atom is -0.731 e. The van der Waals surface area contributed by atoms with Gasteiger partial charge in [-0.15, -0.1) is 0 Å². The largest absolute Gasteiger partial charge is 0.731 e. The van der Waals surface area contributed by atoms with Gasteiger partial charge in [-0.1, -0.05) is 0 Å². The van der Waals surface area contributed by atoms with Gasteiger partial charge in [0.15, 0.2) is 0 Å². The van der Waals surface area contributed by atoms with Gasteiger partial charge < -0.3 is 21.3 Å². The molecule has 4 heavy (non-hydrogen) atoms. The van der Waals surface area contributed by atoms with Crippen molar-refractivity contribution < 1.29 is 18.6 Å². The van der Waals surface area contributed by atoms with Gasteiger partial charge in [0.05, 0.1) is 0 Å². The number of rotatable bonds is 0. The van der Waals surface area contributed by atoms with Gasteiger partial charge in [-0.25, -0.2) is 0 Å². The third kappa shape index (κ3) is 19.3. The summed E-state index contributed by atoms with van der Waals surface area (Å²) in [6, 6.07) is 0. The third-order valence-corrected chi connectivity index (χ3v) is 0. The van der Waals surface area contributed by atoms with Gasteiger partial charge >= 0.3 is 0 Å². The standard InChI is InChI=1S/C2HP.V/c1-2-3;/h3H;/q-2;. The SMILES string of the molecule is [C-]#C[PH-].[V]. The van der Waals surface area contributed by atoms with Gasteiger partial charge in [-0.3, -0.25) is 0 Å². The van der Waals surface area contributed by atoms with Crippen LogP contribution in [0.15, 0.2) is 0 Å². The van der Waals surface area contributed by atoms with Crippen LogP contribution in [0.25, 0.3) is 0 Å². The summed E-state index contributed by atoms with van der Waals surface area (Å²) in [5.41, 5.74) is 1.81. The summed E-state index contributed by atoms with van der Waals surface area (Å²) in [6.07, 6.45) is 5.87. The molecule has 0 aromatic rings. The van der Waals surface area contributed by atoms with Crippen LogP contribution in [0.2, 0.25) is 0 Å². The number of hydrogen-bond acceptors (Lipinski definition) is 0. The Morgan fingerprint density at radius 1 is 1.75 bits per heavy atom. The molecule has 0 heterocycles. The summed E-state index contributed by atoms with van der Waals surface area (Å²) >= 11 is 0. The Morgan fingerprint density at radius 2 is 1.75 bits per heavy atom. The van der Waals surface area contributed by atoms with E-state index >= 15 is 0 Å².